The van der Waals surface area contributed by atoms with E-state index >= 15 is 0 Å². The van der Waals surface area contributed by atoms with Gasteiger partial charge < -0.3 is 14.6 Å². The highest BCUT2D eigenvalue weighted by molar-refractivity contribution is 6.08. The van der Waals surface area contributed by atoms with E-state index < -0.39 is 41.8 Å². The van der Waals surface area contributed by atoms with Gasteiger partial charge >= 0.3 is 12.0 Å². The number of carbonyl (C=O) groups excluding carboxylic acids is 3. The van der Waals surface area contributed by atoms with E-state index in [0.717, 1.165) is 21.1 Å². The standard InChI is InChI=1S/C31H33N5O7/c1-20(37)35(27(17-28(38)39)23-14-25(42-3)16-26(15-23)43-4)36-29(40)31(2,24-12-10-21(11-13-24)18-33-32)34(30(36)41)19-22-8-6-5-7-9-22/h5-16,27,32H,17-19H2,1-4H3,(H,38,39)/t27-,31-/m1/s1. The van der Waals surface area contributed by atoms with Crippen molar-refractivity contribution >= 4 is 23.8 Å². The Kier molecular flexibility index (Phi) is 9.08. The molecule has 0 aromatic heterocycles. The van der Waals surface area contributed by atoms with E-state index in [4.69, 9.17) is 15.0 Å². The lowest BCUT2D eigenvalue weighted by molar-refractivity contribution is -0.162. The maximum absolute atomic E-state index is 14.5. The molecule has 0 saturated carbocycles. The van der Waals surface area contributed by atoms with Gasteiger partial charge in [0.1, 0.15) is 17.0 Å². The number of carboxylic acids is 1. The van der Waals surface area contributed by atoms with Crippen molar-refractivity contribution in [3.8, 4) is 11.5 Å². The van der Waals surface area contributed by atoms with Crippen LogP contribution >= 0.6 is 0 Å². The highest BCUT2D eigenvalue weighted by atomic mass is 16.5. The minimum Gasteiger partial charge on any atom is -0.497 e. The molecule has 1 fully saturated rings. The van der Waals surface area contributed by atoms with Crippen molar-refractivity contribution in [2.24, 2.45) is 5.11 Å². The molecule has 0 radical (unpaired) electrons. The molecule has 0 unspecified atom stereocenters. The van der Waals surface area contributed by atoms with E-state index in [-0.39, 0.29) is 13.1 Å². The number of hydrogen-bond donors (Lipinski definition) is 2. The highest BCUT2D eigenvalue weighted by Crippen LogP contribution is 2.42. The van der Waals surface area contributed by atoms with Gasteiger partial charge in [0.2, 0.25) is 5.91 Å². The van der Waals surface area contributed by atoms with Gasteiger partial charge in [0.05, 0.1) is 33.2 Å². The molecule has 12 heteroatoms. The summed E-state index contributed by atoms with van der Waals surface area (Å²) in [6.45, 7) is 2.95. The number of nitrogens with zero attached hydrogens (tertiary/aromatic N) is 4. The predicted molar refractivity (Wildman–Crippen MR) is 154 cm³/mol. The normalized spacial score (nSPS) is 17.0. The van der Waals surface area contributed by atoms with Crippen molar-refractivity contribution in [3.63, 3.8) is 0 Å². The lowest BCUT2D eigenvalue weighted by atomic mass is 9.89. The molecule has 1 saturated heterocycles. The van der Waals surface area contributed by atoms with Crippen LogP contribution < -0.4 is 9.47 Å². The Balaban J connectivity index is 1.89. The van der Waals surface area contributed by atoms with Crippen molar-refractivity contribution in [2.45, 2.75) is 44.9 Å². The molecule has 4 rings (SSSR count). The SMILES string of the molecule is COc1cc(OC)cc([C@@H](CC(=O)O)N(C(C)=O)N2C(=O)N(Cc3ccccc3)[C@](C)(c3ccc(CN=N)cc3)C2=O)c1. The molecular formula is C31H33N5O7. The van der Waals surface area contributed by atoms with Crippen LogP contribution in [0.3, 0.4) is 0 Å². The number of methoxy groups -OCH3 is 2. The van der Waals surface area contributed by atoms with E-state index in [0.29, 0.717) is 22.6 Å². The second-order valence-corrected chi connectivity index (χ2v) is 10.2. The van der Waals surface area contributed by atoms with E-state index in [2.05, 4.69) is 5.11 Å². The highest BCUT2D eigenvalue weighted by Gasteiger charge is 2.58. The Morgan fingerprint density at radius 1 is 0.977 bits per heavy atom. The maximum Gasteiger partial charge on any atom is 0.347 e. The van der Waals surface area contributed by atoms with E-state index in [9.17, 15) is 24.3 Å². The molecule has 2 N–H and O–H groups in total. The molecule has 3 aromatic rings. The summed E-state index contributed by atoms with van der Waals surface area (Å²) in [5.41, 5.74) is 7.83. The zero-order valence-electron chi connectivity index (χ0n) is 24.3. The monoisotopic (exact) mass is 587 g/mol. The molecular weight excluding hydrogens is 554 g/mol. The number of carbonyl (C=O) groups is 4. The Morgan fingerprint density at radius 2 is 1.58 bits per heavy atom. The number of carboxylic acid groups (broad SMARTS) is 1. The summed E-state index contributed by atoms with van der Waals surface area (Å²) in [6.07, 6.45) is -0.617. The van der Waals surface area contributed by atoms with Crippen LogP contribution in [0.1, 0.15) is 48.6 Å². The van der Waals surface area contributed by atoms with Crippen LogP contribution in [0, 0.1) is 5.53 Å². The summed E-state index contributed by atoms with van der Waals surface area (Å²) in [6, 6.07) is 18.5. The van der Waals surface area contributed by atoms with Gasteiger partial charge in [-0.25, -0.2) is 15.3 Å². The summed E-state index contributed by atoms with van der Waals surface area (Å²) in [5.74, 6) is -2.03. The third-order valence-corrected chi connectivity index (χ3v) is 7.48. The Bertz CT molecular complexity index is 1510. The molecule has 3 aromatic carbocycles. The number of ether oxygens (including phenoxy) is 2. The van der Waals surface area contributed by atoms with Gasteiger partial charge in [-0.15, -0.1) is 0 Å². The molecule has 1 aliphatic heterocycles. The molecule has 2 atom stereocenters. The summed E-state index contributed by atoms with van der Waals surface area (Å²) in [4.78, 5) is 55.6. The predicted octanol–water partition coefficient (Wildman–Crippen LogP) is 4.89. The first-order chi connectivity index (χ1) is 20.5. The van der Waals surface area contributed by atoms with E-state index in [1.165, 1.54) is 38.2 Å². The Labute approximate surface area is 248 Å². The number of rotatable bonds is 12. The van der Waals surface area contributed by atoms with E-state index in [1.54, 1.807) is 37.3 Å². The number of nitrogens with one attached hydrogen (secondary N) is 1. The largest absolute Gasteiger partial charge is 0.497 e. The van der Waals surface area contributed by atoms with Gasteiger partial charge in [-0.1, -0.05) is 54.6 Å². The molecule has 0 aliphatic carbocycles. The zero-order chi connectivity index (χ0) is 31.3. The van der Waals surface area contributed by atoms with Gasteiger partial charge in [0.15, 0.2) is 0 Å². The van der Waals surface area contributed by atoms with Crippen LogP contribution in [-0.4, -0.2) is 58.1 Å². The van der Waals surface area contributed by atoms with Gasteiger partial charge in [0, 0.05) is 19.5 Å². The number of benzene rings is 3. The number of amides is 4. The zero-order valence-corrected chi connectivity index (χ0v) is 24.3. The van der Waals surface area contributed by atoms with Crippen LogP contribution in [0.5, 0.6) is 11.5 Å². The molecule has 43 heavy (non-hydrogen) atoms. The molecule has 1 aliphatic rings. The van der Waals surface area contributed by atoms with Crippen LogP contribution in [0.2, 0.25) is 0 Å². The maximum atomic E-state index is 14.5. The second-order valence-electron chi connectivity index (χ2n) is 10.2. The Hall–Kier alpha value is -5.26. The fourth-order valence-corrected chi connectivity index (χ4v) is 5.23. The Morgan fingerprint density at radius 3 is 2.09 bits per heavy atom. The average molecular weight is 588 g/mol. The quantitative estimate of drug-likeness (QED) is 0.226. The molecule has 0 spiro atoms. The van der Waals surface area contributed by atoms with Crippen LogP contribution in [0.4, 0.5) is 4.79 Å². The first-order valence-electron chi connectivity index (χ1n) is 13.4. The van der Waals surface area contributed by atoms with Crippen molar-refractivity contribution in [2.75, 3.05) is 14.2 Å². The van der Waals surface area contributed by atoms with Crippen LogP contribution in [0.25, 0.3) is 0 Å². The third-order valence-electron chi connectivity index (χ3n) is 7.48. The summed E-state index contributed by atoms with van der Waals surface area (Å²) >= 11 is 0. The lowest BCUT2D eigenvalue weighted by Gasteiger charge is -2.35. The molecule has 12 nitrogen and oxygen atoms in total. The fourth-order valence-electron chi connectivity index (χ4n) is 5.23. The van der Waals surface area contributed by atoms with Crippen LogP contribution in [-0.2, 0) is 33.0 Å². The number of aliphatic carboxylic acids is 1. The van der Waals surface area contributed by atoms with Gasteiger partial charge in [0.25, 0.3) is 5.91 Å². The van der Waals surface area contributed by atoms with Crippen molar-refractivity contribution in [1.29, 1.82) is 5.53 Å². The summed E-state index contributed by atoms with van der Waals surface area (Å²) in [5, 5.41) is 14.9. The first kappa shape index (κ1) is 30.7. The lowest BCUT2D eigenvalue weighted by Crippen LogP contribution is -2.52. The second kappa shape index (κ2) is 12.7. The summed E-state index contributed by atoms with van der Waals surface area (Å²) < 4.78 is 10.7. The minimum atomic E-state index is -1.57. The summed E-state index contributed by atoms with van der Waals surface area (Å²) in [7, 11) is 2.86. The molecule has 1 heterocycles. The smallest absolute Gasteiger partial charge is 0.347 e. The molecule has 0 bridgehead atoms. The fraction of sp³-hybridized carbons (Fsp3) is 0.290. The third kappa shape index (κ3) is 6.03. The number of hydrogen-bond acceptors (Lipinski definition) is 8. The van der Waals surface area contributed by atoms with Crippen LogP contribution in [0.15, 0.2) is 77.9 Å². The number of imide groups is 1. The van der Waals surface area contributed by atoms with Gasteiger partial charge in [-0.05, 0) is 41.3 Å². The van der Waals surface area contributed by atoms with Crippen molar-refractivity contribution < 1.29 is 33.8 Å². The van der Waals surface area contributed by atoms with Gasteiger partial charge in [-0.2, -0.15) is 10.1 Å². The minimum absolute atomic E-state index is 0.0323. The molecule has 224 valence electrons. The molecule has 4 amide bonds. The van der Waals surface area contributed by atoms with Crippen molar-refractivity contribution in [3.05, 3.63) is 95.1 Å². The van der Waals surface area contributed by atoms with Crippen molar-refractivity contribution in [1.82, 2.24) is 14.9 Å². The number of hydrazine groups is 1. The van der Waals surface area contributed by atoms with Gasteiger partial charge in [-0.3, -0.25) is 19.3 Å². The number of urea groups is 1. The average Bonchev–Trinajstić information content (AvgIpc) is 3.18. The first-order valence-corrected chi connectivity index (χ1v) is 13.4. The van der Waals surface area contributed by atoms with E-state index in [1.807, 2.05) is 30.3 Å². The topological polar surface area (TPSA) is 153 Å².